The SMILES string of the molecule is CC(C)OCCCCCCNC(=O)C(C)C.[HH]. The largest absolute Gasteiger partial charge is 0.379 e. The van der Waals surface area contributed by atoms with Gasteiger partial charge in [-0.25, -0.2) is 0 Å². The van der Waals surface area contributed by atoms with Crippen LogP contribution in [-0.4, -0.2) is 25.2 Å². The molecule has 0 rings (SSSR count). The van der Waals surface area contributed by atoms with E-state index in [4.69, 9.17) is 4.74 Å². The molecule has 0 radical (unpaired) electrons. The average molecular weight is 231 g/mol. The Morgan fingerprint density at radius 1 is 1.12 bits per heavy atom. The van der Waals surface area contributed by atoms with Crippen LogP contribution < -0.4 is 5.32 Å². The molecule has 0 spiro atoms. The van der Waals surface area contributed by atoms with Crippen LogP contribution in [0.15, 0.2) is 0 Å². The van der Waals surface area contributed by atoms with Gasteiger partial charge in [0, 0.05) is 20.5 Å². The minimum Gasteiger partial charge on any atom is -0.379 e. The predicted octanol–water partition coefficient (Wildman–Crippen LogP) is 2.99. The summed E-state index contributed by atoms with van der Waals surface area (Å²) in [7, 11) is 0. The van der Waals surface area contributed by atoms with Gasteiger partial charge in [-0.1, -0.05) is 26.7 Å². The van der Waals surface area contributed by atoms with Gasteiger partial charge in [-0.05, 0) is 26.7 Å². The smallest absolute Gasteiger partial charge is 0.222 e. The third kappa shape index (κ3) is 9.97. The summed E-state index contributed by atoms with van der Waals surface area (Å²) in [4.78, 5) is 11.2. The van der Waals surface area contributed by atoms with Crippen LogP contribution in [0.5, 0.6) is 0 Å². The Bertz CT molecular complexity index is 184. The van der Waals surface area contributed by atoms with Gasteiger partial charge in [-0.3, -0.25) is 4.79 Å². The fourth-order valence-corrected chi connectivity index (χ4v) is 1.32. The van der Waals surface area contributed by atoms with Gasteiger partial charge in [-0.15, -0.1) is 0 Å². The molecule has 0 atom stereocenters. The maximum atomic E-state index is 11.2. The fraction of sp³-hybridized carbons (Fsp3) is 0.923. The van der Waals surface area contributed by atoms with E-state index in [9.17, 15) is 4.79 Å². The summed E-state index contributed by atoms with van der Waals surface area (Å²) in [5.41, 5.74) is 0. The Kier molecular flexibility index (Phi) is 9.30. The molecule has 16 heavy (non-hydrogen) atoms. The van der Waals surface area contributed by atoms with Gasteiger partial charge in [0.15, 0.2) is 0 Å². The molecule has 0 aromatic carbocycles. The average Bonchev–Trinajstić information content (AvgIpc) is 2.21. The minimum atomic E-state index is 0. The molecule has 0 saturated carbocycles. The number of amides is 1. The second kappa shape index (κ2) is 9.64. The number of ether oxygens (including phenoxy) is 1. The third-order valence-corrected chi connectivity index (χ3v) is 2.35. The zero-order chi connectivity index (χ0) is 12.4. The van der Waals surface area contributed by atoms with Crippen LogP contribution >= 0.6 is 0 Å². The molecule has 0 fully saturated rings. The quantitative estimate of drug-likeness (QED) is 0.619. The molecule has 0 aliphatic carbocycles. The van der Waals surface area contributed by atoms with Crippen molar-refractivity contribution in [2.45, 2.75) is 59.5 Å². The van der Waals surface area contributed by atoms with Crippen molar-refractivity contribution in [2.75, 3.05) is 13.2 Å². The van der Waals surface area contributed by atoms with Crippen molar-refractivity contribution >= 4 is 5.91 Å². The summed E-state index contributed by atoms with van der Waals surface area (Å²) >= 11 is 0. The standard InChI is InChI=1S/C13H27NO2.H2/c1-11(2)13(15)14-9-7-5-6-8-10-16-12(3)4;/h11-12H,5-10H2,1-4H3,(H,14,15);1H. The Morgan fingerprint density at radius 2 is 1.75 bits per heavy atom. The van der Waals surface area contributed by atoms with E-state index < -0.39 is 0 Å². The van der Waals surface area contributed by atoms with Crippen molar-refractivity contribution in [1.82, 2.24) is 5.32 Å². The fourth-order valence-electron chi connectivity index (χ4n) is 1.32. The molecule has 0 unspecified atom stereocenters. The van der Waals surface area contributed by atoms with E-state index in [1.165, 1.54) is 12.8 Å². The number of hydrogen-bond acceptors (Lipinski definition) is 2. The maximum absolute atomic E-state index is 11.2. The monoisotopic (exact) mass is 231 g/mol. The van der Waals surface area contributed by atoms with E-state index in [1.807, 2.05) is 13.8 Å². The lowest BCUT2D eigenvalue weighted by Gasteiger charge is -2.08. The van der Waals surface area contributed by atoms with Crippen LogP contribution in [0.2, 0.25) is 0 Å². The van der Waals surface area contributed by atoms with Crippen molar-refractivity contribution in [1.29, 1.82) is 0 Å². The number of rotatable bonds is 9. The topological polar surface area (TPSA) is 38.3 Å². The van der Waals surface area contributed by atoms with Crippen molar-refractivity contribution in [3.8, 4) is 0 Å². The van der Waals surface area contributed by atoms with E-state index >= 15 is 0 Å². The van der Waals surface area contributed by atoms with Gasteiger partial charge in [0.05, 0.1) is 6.10 Å². The lowest BCUT2D eigenvalue weighted by atomic mass is 10.2. The number of nitrogens with one attached hydrogen (secondary N) is 1. The molecule has 0 saturated heterocycles. The Balaban J connectivity index is 0. The molecule has 1 amide bonds. The number of carbonyl (C=O) groups is 1. The van der Waals surface area contributed by atoms with Gasteiger partial charge in [0.25, 0.3) is 0 Å². The highest BCUT2D eigenvalue weighted by Crippen LogP contribution is 2.01. The second-order valence-corrected chi connectivity index (χ2v) is 4.78. The van der Waals surface area contributed by atoms with Gasteiger partial charge < -0.3 is 10.1 Å². The highest BCUT2D eigenvalue weighted by Gasteiger charge is 2.04. The number of carbonyl (C=O) groups excluding carboxylic acids is 1. The molecule has 98 valence electrons. The molecular weight excluding hydrogens is 202 g/mol. The summed E-state index contributed by atoms with van der Waals surface area (Å²) in [6, 6.07) is 0. The van der Waals surface area contributed by atoms with Gasteiger partial charge in [0.1, 0.15) is 0 Å². The van der Waals surface area contributed by atoms with Crippen LogP contribution in [0.3, 0.4) is 0 Å². The Hall–Kier alpha value is -0.570. The lowest BCUT2D eigenvalue weighted by Crippen LogP contribution is -2.28. The molecule has 3 heteroatoms. The van der Waals surface area contributed by atoms with Gasteiger partial charge >= 0.3 is 0 Å². The highest BCUT2D eigenvalue weighted by atomic mass is 16.5. The van der Waals surface area contributed by atoms with Crippen molar-refractivity contribution in [2.24, 2.45) is 5.92 Å². The van der Waals surface area contributed by atoms with Crippen LogP contribution in [0.25, 0.3) is 0 Å². The molecular formula is C13H29NO2. The lowest BCUT2D eigenvalue weighted by molar-refractivity contribution is -0.123. The summed E-state index contributed by atoms with van der Waals surface area (Å²) in [5, 5.41) is 2.92. The minimum absolute atomic E-state index is 0. The van der Waals surface area contributed by atoms with Crippen LogP contribution in [0.1, 0.15) is 54.8 Å². The first kappa shape index (κ1) is 15.4. The van der Waals surface area contributed by atoms with Crippen molar-refractivity contribution < 1.29 is 11.0 Å². The van der Waals surface area contributed by atoms with E-state index in [0.717, 1.165) is 26.0 Å². The molecule has 0 bridgehead atoms. The first-order chi connectivity index (χ1) is 7.54. The van der Waals surface area contributed by atoms with Gasteiger partial charge in [0.2, 0.25) is 5.91 Å². The molecule has 0 aromatic heterocycles. The van der Waals surface area contributed by atoms with E-state index in [2.05, 4.69) is 19.2 Å². The maximum Gasteiger partial charge on any atom is 0.222 e. The molecule has 3 nitrogen and oxygen atoms in total. The Labute approximate surface area is 101 Å². The van der Waals surface area contributed by atoms with E-state index in [1.54, 1.807) is 0 Å². The van der Waals surface area contributed by atoms with Crippen LogP contribution in [0.4, 0.5) is 0 Å². The molecule has 0 aromatic rings. The summed E-state index contributed by atoms with van der Waals surface area (Å²) in [5.74, 6) is 0.252. The van der Waals surface area contributed by atoms with Crippen molar-refractivity contribution in [3.05, 3.63) is 0 Å². The second-order valence-electron chi connectivity index (χ2n) is 4.78. The van der Waals surface area contributed by atoms with E-state index in [-0.39, 0.29) is 13.3 Å². The van der Waals surface area contributed by atoms with Crippen molar-refractivity contribution in [3.63, 3.8) is 0 Å². The zero-order valence-electron chi connectivity index (χ0n) is 11.2. The molecule has 0 heterocycles. The predicted molar refractivity (Wildman–Crippen MR) is 69.5 cm³/mol. The van der Waals surface area contributed by atoms with Crippen LogP contribution in [-0.2, 0) is 9.53 Å². The van der Waals surface area contributed by atoms with E-state index in [0.29, 0.717) is 6.10 Å². The Morgan fingerprint density at radius 3 is 2.31 bits per heavy atom. The summed E-state index contributed by atoms with van der Waals surface area (Å²) in [6.45, 7) is 9.61. The normalized spacial score (nSPS) is 11.1. The number of hydrogen-bond donors (Lipinski definition) is 1. The van der Waals surface area contributed by atoms with Gasteiger partial charge in [-0.2, -0.15) is 0 Å². The first-order valence-electron chi connectivity index (χ1n) is 6.43. The summed E-state index contributed by atoms with van der Waals surface area (Å²) in [6.07, 6.45) is 4.88. The number of unbranched alkanes of at least 4 members (excludes halogenated alkanes) is 3. The highest BCUT2D eigenvalue weighted by molar-refractivity contribution is 5.77. The third-order valence-electron chi connectivity index (χ3n) is 2.35. The molecule has 0 aliphatic heterocycles. The molecule has 1 N–H and O–H groups in total. The first-order valence-corrected chi connectivity index (χ1v) is 6.43. The summed E-state index contributed by atoms with van der Waals surface area (Å²) < 4.78 is 5.45. The van der Waals surface area contributed by atoms with Crippen LogP contribution in [0, 0.1) is 5.92 Å². The zero-order valence-corrected chi connectivity index (χ0v) is 11.2. The molecule has 0 aliphatic rings.